The molecule has 0 aliphatic rings. The first-order chi connectivity index (χ1) is 9.47. The molecule has 0 aromatic heterocycles. The topological polar surface area (TPSA) is 58.5 Å². The van der Waals surface area contributed by atoms with Crippen molar-refractivity contribution < 1.29 is 8.42 Å². The molecule has 0 bridgehead atoms. The van der Waals surface area contributed by atoms with Crippen LogP contribution in [0.1, 0.15) is 11.1 Å². The van der Waals surface area contributed by atoms with Gasteiger partial charge in [-0.1, -0.05) is 45.8 Å². The maximum absolute atomic E-state index is 12.0. The minimum absolute atomic E-state index is 0.169. The van der Waals surface area contributed by atoms with Crippen LogP contribution in [0.5, 0.6) is 0 Å². The number of hydrogen-bond donors (Lipinski definition) is 1. The first-order valence-corrected chi connectivity index (χ1v) is 8.12. The van der Waals surface area contributed by atoms with Crippen molar-refractivity contribution in [1.29, 1.82) is 0 Å². The van der Waals surface area contributed by atoms with E-state index in [1.54, 1.807) is 12.1 Å². The van der Waals surface area contributed by atoms with Gasteiger partial charge in [-0.05, 0) is 36.8 Å². The van der Waals surface area contributed by atoms with Crippen LogP contribution in [0.3, 0.4) is 0 Å². The minimum Gasteiger partial charge on any atom is -0.200 e. The van der Waals surface area contributed by atoms with Crippen molar-refractivity contribution in [3.63, 3.8) is 0 Å². The van der Waals surface area contributed by atoms with Gasteiger partial charge in [-0.2, -0.15) is 13.5 Å². The van der Waals surface area contributed by atoms with Gasteiger partial charge in [0, 0.05) is 4.47 Å². The molecule has 2 aromatic rings. The van der Waals surface area contributed by atoms with Gasteiger partial charge in [-0.25, -0.2) is 4.83 Å². The second-order valence-electron chi connectivity index (χ2n) is 4.22. The number of sulfonamides is 1. The molecular weight excluding hydrogens is 340 g/mol. The largest absolute Gasteiger partial charge is 0.276 e. The third-order valence-corrected chi connectivity index (χ3v) is 4.32. The highest BCUT2D eigenvalue weighted by Crippen LogP contribution is 2.14. The number of hydrogen-bond acceptors (Lipinski definition) is 3. The zero-order valence-electron chi connectivity index (χ0n) is 10.7. The van der Waals surface area contributed by atoms with Crippen molar-refractivity contribution in [3.05, 3.63) is 64.1 Å². The standard InChI is InChI=1S/C14H13BrN2O2S/c1-11-3-2-4-12(9-11)10-16-17-20(18,19)14-7-5-13(15)6-8-14/h2-10,17H,1H3. The first kappa shape index (κ1) is 14.7. The smallest absolute Gasteiger partial charge is 0.200 e. The van der Waals surface area contributed by atoms with E-state index in [-0.39, 0.29) is 4.90 Å². The zero-order valence-corrected chi connectivity index (χ0v) is 13.1. The summed E-state index contributed by atoms with van der Waals surface area (Å²) in [4.78, 5) is 2.36. The van der Waals surface area contributed by atoms with Gasteiger partial charge in [-0.15, -0.1) is 0 Å². The lowest BCUT2D eigenvalue weighted by molar-refractivity contribution is 0.584. The van der Waals surface area contributed by atoms with Crippen LogP contribution in [0.2, 0.25) is 0 Å². The maximum Gasteiger partial charge on any atom is 0.276 e. The first-order valence-electron chi connectivity index (χ1n) is 5.84. The number of benzene rings is 2. The van der Waals surface area contributed by atoms with Crippen LogP contribution in [0.4, 0.5) is 0 Å². The zero-order chi connectivity index (χ0) is 14.6. The van der Waals surface area contributed by atoms with Gasteiger partial charge in [0.25, 0.3) is 10.0 Å². The number of nitrogens with one attached hydrogen (secondary N) is 1. The number of nitrogens with zero attached hydrogens (tertiary/aromatic N) is 1. The molecular formula is C14H13BrN2O2S. The van der Waals surface area contributed by atoms with Gasteiger partial charge >= 0.3 is 0 Å². The highest BCUT2D eigenvalue weighted by atomic mass is 79.9. The Balaban J connectivity index is 2.11. The van der Waals surface area contributed by atoms with E-state index in [2.05, 4.69) is 25.9 Å². The van der Waals surface area contributed by atoms with E-state index in [1.165, 1.54) is 18.3 Å². The number of rotatable bonds is 4. The summed E-state index contributed by atoms with van der Waals surface area (Å²) in [6.45, 7) is 1.96. The van der Waals surface area contributed by atoms with Gasteiger partial charge in [0.1, 0.15) is 0 Å². The molecule has 4 nitrogen and oxygen atoms in total. The highest BCUT2D eigenvalue weighted by Gasteiger charge is 2.11. The molecule has 104 valence electrons. The van der Waals surface area contributed by atoms with E-state index in [9.17, 15) is 8.42 Å². The van der Waals surface area contributed by atoms with Crippen LogP contribution in [-0.4, -0.2) is 14.6 Å². The quantitative estimate of drug-likeness (QED) is 0.678. The molecule has 2 aromatic carbocycles. The molecule has 0 aliphatic carbocycles. The van der Waals surface area contributed by atoms with Crippen LogP contribution < -0.4 is 4.83 Å². The van der Waals surface area contributed by atoms with Crippen molar-refractivity contribution in [2.24, 2.45) is 5.10 Å². The predicted molar refractivity (Wildman–Crippen MR) is 83.2 cm³/mol. The Morgan fingerprint density at radius 2 is 1.85 bits per heavy atom. The van der Waals surface area contributed by atoms with E-state index < -0.39 is 10.0 Å². The lowest BCUT2D eigenvalue weighted by Crippen LogP contribution is -2.18. The second kappa shape index (κ2) is 6.19. The third-order valence-electron chi connectivity index (χ3n) is 2.55. The van der Waals surface area contributed by atoms with E-state index in [4.69, 9.17) is 0 Å². The summed E-state index contributed by atoms with van der Waals surface area (Å²) >= 11 is 3.26. The summed E-state index contributed by atoms with van der Waals surface area (Å²) in [6.07, 6.45) is 1.48. The summed E-state index contributed by atoms with van der Waals surface area (Å²) in [5.74, 6) is 0. The van der Waals surface area contributed by atoms with Crippen molar-refractivity contribution in [2.45, 2.75) is 11.8 Å². The molecule has 0 saturated carbocycles. The molecule has 0 saturated heterocycles. The van der Waals surface area contributed by atoms with Gasteiger partial charge in [0.2, 0.25) is 0 Å². The van der Waals surface area contributed by atoms with Crippen molar-refractivity contribution in [2.75, 3.05) is 0 Å². The lowest BCUT2D eigenvalue weighted by atomic mass is 10.2. The fourth-order valence-electron chi connectivity index (χ4n) is 1.59. The van der Waals surface area contributed by atoms with Crippen LogP contribution >= 0.6 is 15.9 Å². The predicted octanol–water partition coefficient (Wildman–Crippen LogP) is 3.07. The average molecular weight is 353 g/mol. The lowest BCUT2D eigenvalue weighted by Gasteiger charge is -2.03. The summed E-state index contributed by atoms with van der Waals surface area (Å²) in [7, 11) is -3.63. The molecule has 1 N–H and O–H groups in total. The second-order valence-corrected chi connectivity index (χ2v) is 6.80. The fourth-order valence-corrected chi connectivity index (χ4v) is 2.64. The molecule has 0 atom stereocenters. The van der Waals surface area contributed by atoms with Crippen LogP contribution in [-0.2, 0) is 10.0 Å². The third kappa shape index (κ3) is 3.91. The highest BCUT2D eigenvalue weighted by molar-refractivity contribution is 9.10. The van der Waals surface area contributed by atoms with Gasteiger partial charge in [0.15, 0.2) is 0 Å². The number of hydrazone groups is 1. The molecule has 0 unspecified atom stereocenters. The normalized spacial score (nSPS) is 11.7. The van der Waals surface area contributed by atoms with Crippen molar-refractivity contribution in [3.8, 4) is 0 Å². The van der Waals surface area contributed by atoms with E-state index in [0.29, 0.717) is 0 Å². The van der Waals surface area contributed by atoms with E-state index in [0.717, 1.165) is 15.6 Å². The molecule has 0 spiro atoms. The Bertz CT molecular complexity index is 725. The van der Waals surface area contributed by atoms with Gasteiger partial charge < -0.3 is 0 Å². The molecule has 0 amide bonds. The Morgan fingerprint density at radius 3 is 2.50 bits per heavy atom. The monoisotopic (exact) mass is 352 g/mol. The Labute approximate surface area is 126 Å². The number of aryl methyl sites for hydroxylation is 1. The van der Waals surface area contributed by atoms with Gasteiger partial charge in [0.05, 0.1) is 11.1 Å². The summed E-state index contributed by atoms with van der Waals surface area (Å²) in [6, 6.07) is 14.0. The van der Waals surface area contributed by atoms with Crippen molar-refractivity contribution >= 4 is 32.2 Å². The Morgan fingerprint density at radius 1 is 1.15 bits per heavy atom. The Kier molecular flexibility index (Phi) is 4.57. The molecule has 20 heavy (non-hydrogen) atoms. The fraction of sp³-hybridized carbons (Fsp3) is 0.0714. The molecule has 0 radical (unpaired) electrons. The molecule has 0 aliphatic heterocycles. The SMILES string of the molecule is Cc1cccc(C=NNS(=O)(=O)c2ccc(Br)cc2)c1. The minimum atomic E-state index is -3.63. The summed E-state index contributed by atoms with van der Waals surface area (Å²) in [5, 5.41) is 3.78. The van der Waals surface area contributed by atoms with Crippen LogP contribution in [0, 0.1) is 6.92 Å². The van der Waals surface area contributed by atoms with Crippen LogP contribution in [0.25, 0.3) is 0 Å². The number of halogens is 1. The van der Waals surface area contributed by atoms with E-state index >= 15 is 0 Å². The maximum atomic E-state index is 12.0. The van der Waals surface area contributed by atoms with Crippen LogP contribution in [0.15, 0.2) is 63.0 Å². The molecule has 0 heterocycles. The summed E-state index contributed by atoms with van der Waals surface area (Å²) < 4.78 is 24.7. The van der Waals surface area contributed by atoms with E-state index in [1.807, 2.05) is 31.2 Å². The summed E-state index contributed by atoms with van der Waals surface area (Å²) in [5.41, 5.74) is 1.92. The molecule has 2 rings (SSSR count). The van der Waals surface area contributed by atoms with Gasteiger partial charge in [-0.3, -0.25) is 0 Å². The molecule has 0 fully saturated rings. The Hall–Kier alpha value is -1.66. The van der Waals surface area contributed by atoms with Crippen molar-refractivity contribution in [1.82, 2.24) is 4.83 Å². The average Bonchev–Trinajstić information content (AvgIpc) is 2.39. The molecule has 6 heteroatoms.